The molecule has 23 heavy (non-hydrogen) atoms. The number of carbonyl (C=O) groups excluding carboxylic acids is 3. The van der Waals surface area contributed by atoms with E-state index in [1.54, 1.807) is 12.1 Å². The quantitative estimate of drug-likeness (QED) is 0.657. The van der Waals surface area contributed by atoms with Crippen LogP contribution in [0.15, 0.2) is 42.5 Å². The van der Waals surface area contributed by atoms with E-state index < -0.39 is 30.3 Å². The summed E-state index contributed by atoms with van der Waals surface area (Å²) in [6.45, 7) is -0.564. The predicted octanol–water partition coefficient (Wildman–Crippen LogP) is 1.51. The van der Waals surface area contributed by atoms with Crippen molar-refractivity contribution >= 4 is 17.8 Å². The number of imide groups is 1. The largest absolute Gasteiger partial charge is 0.508 e. The molecule has 116 valence electrons. The van der Waals surface area contributed by atoms with E-state index in [4.69, 9.17) is 4.74 Å². The zero-order chi connectivity index (χ0) is 16.6. The fraction of sp³-hybridized carbons (Fsp3) is 0.0625. The third-order valence-corrected chi connectivity index (χ3v) is 3.40. The van der Waals surface area contributed by atoms with Gasteiger partial charge in [-0.1, -0.05) is 12.1 Å². The fourth-order valence-electron chi connectivity index (χ4n) is 2.25. The van der Waals surface area contributed by atoms with Gasteiger partial charge in [0.1, 0.15) is 17.1 Å². The first-order chi connectivity index (χ1) is 11.0. The first-order valence-electron chi connectivity index (χ1n) is 6.63. The van der Waals surface area contributed by atoms with E-state index in [-0.39, 0.29) is 22.4 Å². The van der Waals surface area contributed by atoms with Gasteiger partial charge in [0.15, 0.2) is 6.73 Å². The standard InChI is InChI=1S/C16H11NO6/c18-9-5-6-12(13(19)7-9)16(22)23-8-17-14(20)10-3-1-2-4-11(10)15(17)21/h1-7,18-19H,8H2. The summed E-state index contributed by atoms with van der Waals surface area (Å²) in [7, 11) is 0. The van der Waals surface area contributed by atoms with Crippen LogP contribution in [0.3, 0.4) is 0 Å². The lowest BCUT2D eigenvalue weighted by Crippen LogP contribution is -2.33. The minimum absolute atomic E-state index is 0.181. The molecular formula is C16H11NO6. The van der Waals surface area contributed by atoms with E-state index >= 15 is 0 Å². The Morgan fingerprint density at radius 1 is 1.00 bits per heavy atom. The molecule has 0 spiro atoms. The van der Waals surface area contributed by atoms with Crippen LogP contribution in [0, 0.1) is 0 Å². The second-order valence-electron chi connectivity index (χ2n) is 4.85. The summed E-state index contributed by atoms with van der Waals surface area (Å²) >= 11 is 0. The van der Waals surface area contributed by atoms with Crippen LogP contribution < -0.4 is 0 Å². The Morgan fingerprint density at radius 3 is 2.17 bits per heavy atom. The Bertz CT molecular complexity index is 794. The summed E-state index contributed by atoms with van der Waals surface area (Å²) in [5.41, 5.74) is 0.321. The highest BCUT2D eigenvalue weighted by atomic mass is 16.5. The molecule has 2 aromatic carbocycles. The van der Waals surface area contributed by atoms with E-state index in [0.29, 0.717) is 0 Å². The van der Waals surface area contributed by atoms with Crippen LogP contribution in [-0.4, -0.2) is 39.6 Å². The molecule has 7 heteroatoms. The van der Waals surface area contributed by atoms with Gasteiger partial charge in [0.25, 0.3) is 11.8 Å². The number of rotatable bonds is 3. The number of nitrogens with zero attached hydrogens (tertiary/aromatic N) is 1. The topological polar surface area (TPSA) is 104 Å². The number of esters is 1. The van der Waals surface area contributed by atoms with Crippen molar-refractivity contribution in [3.8, 4) is 11.5 Å². The maximum atomic E-state index is 12.1. The number of hydrogen-bond donors (Lipinski definition) is 2. The van der Waals surface area contributed by atoms with Crippen molar-refractivity contribution in [2.45, 2.75) is 0 Å². The highest BCUT2D eigenvalue weighted by Gasteiger charge is 2.35. The van der Waals surface area contributed by atoms with E-state index in [9.17, 15) is 24.6 Å². The van der Waals surface area contributed by atoms with E-state index in [1.165, 1.54) is 24.3 Å². The van der Waals surface area contributed by atoms with Gasteiger partial charge >= 0.3 is 5.97 Å². The van der Waals surface area contributed by atoms with Crippen LogP contribution >= 0.6 is 0 Å². The zero-order valence-corrected chi connectivity index (χ0v) is 11.7. The summed E-state index contributed by atoms with van der Waals surface area (Å²) in [4.78, 5) is 36.9. The number of hydrogen-bond acceptors (Lipinski definition) is 6. The summed E-state index contributed by atoms with van der Waals surface area (Å²) in [6.07, 6.45) is 0. The molecule has 0 aliphatic carbocycles. The Hall–Kier alpha value is -3.35. The highest BCUT2D eigenvalue weighted by Crippen LogP contribution is 2.25. The summed E-state index contributed by atoms with van der Waals surface area (Å²) in [6, 6.07) is 9.67. The second-order valence-corrected chi connectivity index (χ2v) is 4.85. The van der Waals surface area contributed by atoms with Gasteiger partial charge in [-0.05, 0) is 24.3 Å². The van der Waals surface area contributed by atoms with Crippen LogP contribution in [0.4, 0.5) is 0 Å². The van der Waals surface area contributed by atoms with Gasteiger partial charge in [-0.15, -0.1) is 0 Å². The van der Waals surface area contributed by atoms with Crippen molar-refractivity contribution in [1.29, 1.82) is 0 Å². The number of carbonyl (C=O) groups is 3. The molecule has 2 N–H and O–H groups in total. The normalized spacial score (nSPS) is 13.1. The molecule has 1 aliphatic rings. The van der Waals surface area contributed by atoms with E-state index in [2.05, 4.69) is 0 Å². The average molecular weight is 313 g/mol. The average Bonchev–Trinajstić information content (AvgIpc) is 2.77. The molecule has 2 amide bonds. The first kappa shape index (κ1) is 14.6. The van der Waals surface area contributed by atoms with Gasteiger partial charge in [-0.2, -0.15) is 0 Å². The third-order valence-electron chi connectivity index (χ3n) is 3.40. The fourth-order valence-corrected chi connectivity index (χ4v) is 2.25. The van der Waals surface area contributed by atoms with Gasteiger partial charge in [0.05, 0.1) is 11.1 Å². The number of aromatic hydroxyl groups is 2. The number of phenols is 2. The Labute approximate surface area is 130 Å². The van der Waals surface area contributed by atoms with Crippen LogP contribution in [0.2, 0.25) is 0 Å². The molecule has 0 aromatic heterocycles. The first-order valence-corrected chi connectivity index (χ1v) is 6.63. The lowest BCUT2D eigenvalue weighted by atomic mass is 10.1. The number of phenolic OH excluding ortho intramolecular Hbond substituents is 2. The number of benzene rings is 2. The Kier molecular flexibility index (Phi) is 3.46. The van der Waals surface area contributed by atoms with Crippen LogP contribution in [0.1, 0.15) is 31.1 Å². The summed E-state index contributed by atoms with van der Waals surface area (Å²) < 4.78 is 4.91. The maximum absolute atomic E-state index is 12.1. The molecule has 0 unspecified atom stereocenters. The van der Waals surface area contributed by atoms with Gasteiger partial charge in [0, 0.05) is 6.07 Å². The van der Waals surface area contributed by atoms with Crippen molar-refractivity contribution in [3.05, 3.63) is 59.2 Å². The van der Waals surface area contributed by atoms with Crippen LogP contribution in [-0.2, 0) is 4.74 Å². The molecule has 0 fully saturated rings. The molecule has 0 saturated heterocycles. The highest BCUT2D eigenvalue weighted by molar-refractivity contribution is 6.21. The lowest BCUT2D eigenvalue weighted by molar-refractivity contribution is 0.0226. The van der Waals surface area contributed by atoms with Crippen molar-refractivity contribution < 1.29 is 29.3 Å². The van der Waals surface area contributed by atoms with Gasteiger partial charge in [0.2, 0.25) is 0 Å². The lowest BCUT2D eigenvalue weighted by Gasteiger charge is -2.14. The number of ether oxygens (including phenoxy) is 1. The molecule has 0 saturated carbocycles. The molecule has 0 atom stereocenters. The zero-order valence-electron chi connectivity index (χ0n) is 11.7. The molecule has 2 aromatic rings. The third kappa shape index (κ3) is 2.48. The van der Waals surface area contributed by atoms with Crippen molar-refractivity contribution in [1.82, 2.24) is 4.90 Å². The van der Waals surface area contributed by atoms with Crippen LogP contribution in [0.25, 0.3) is 0 Å². The van der Waals surface area contributed by atoms with Gasteiger partial charge in [-0.3, -0.25) is 9.59 Å². The molecule has 1 aliphatic heterocycles. The van der Waals surface area contributed by atoms with Crippen molar-refractivity contribution in [3.63, 3.8) is 0 Å². The molecule has 7 nitrogen and oxygen atoms in total. The van der Waals surface area contributed by atoms with Gasteiger partial charge in [-0.25, -0.2) is 9.69 Å². The van der Waals surface area contributed by atoms with Crippen LogP contribution in [0.5, 0.6) is 11.5 Å². The van der Waals surface area contributed by atoms with E-state index in [1.807, 2.05) is 0 Å². The smallest absolute Gasteiger partial charge is 0.343 e. The number of fused-ring (bicyclic) bond motifs is 1. The molecule has 1 heterocycles. The molecule has 0 bridgehead atoms. The molecular weight excluding hydrogens is 302 g/mol. The summed E-state index contributed by atoms with van der Waals surface area (Å²) in [5, 5.41) is 18.8. The van der Waals surface area contributed by atoms with Gasteiger partial charge < -0.3 is 14.9 Å². The van der Waals surface area contributed by atoms with Crippen molar-refractivity contribution in [2.24, 2.45) is 0 Å². The minimum atomic E-state index is -0.918. The predicted molar refractivity (Wildman–Crippen MR) is 77.0 cm³/mol. The molecule has 3 rings (SSSR count). The van der Waals surface area contributed by atoms with Crippen molar-refractivity contribution in [2.75, 3.05) is 6.73 Å². The second kappa shape index (κ2) is 5.45. The van der Waals surface area contributed by atoms with E-state index in [0.717, 1.165) is 11.0 Å². The molecule has 0 radical (unpaired) electrons. The Morgan fingerprint density at radius 2 is 1.61 bits per heavy atom. The minimum Gasteiger partial charge on any atom is -0.508 e. The SMILES string of the molecule is O=C(OCN1C(=O)c2ccccc2C1=O)c1ccc(O)cc1O. The summed E-state index contributed by atoms with van der Waals surface area (Å²) in [5.74, 6) is -2.68. The number of amides is 2. The monoisotopic (exact) mass is 313 g/mol. The Balaban J connectivity index is 1.73. The maximum Gasteiger partial charge on any atom is 0.343 e.